The maximum Gasteiger partial charge on any atom is 0.288 e. The number of thioether (sulfide) groups is 1. The van der Waals surface area contributed by atoms with Crippen LogP contribution in [0.1, 0.15) is 12.5 Å². The second-order valence-corrected chi connectivity index (χ2v) is 4.23. The number of halogens is 2. The molecule has 0 aliphatic heterocycles. The summed E-state index contributed by atoms with van der Waals surface area (Å²) in [6, 6.07) is 6.96. The molecule has 0 aromatic heterocycles. The lowest BCUT2D eigenvalue weighted by molar-refractivity contribution is 0.252. The molecular weight excluding hydrogens is 216 g/mol. The van der Waals surface area contributed by atoms with Crippen molar-refractivity contribution < 1.29 is 8.78 Å². The third-order valence-electron chi connectivity index (χ3n) is 1.68. The third kappa shape index (κ3) is 4.95. The maximum atomic E-state index is 12.1. The van der Waals surface area contributed by atoms with Crippen LogP contribution in [0.4, 0.5) is 8.78 Å². The normalized spacial score (nSPS) is 13.7. The van der Waals surface area contributed by atoms with Crippen molar-refractivity contribution in [2.24, 2.45) is 5.73 Å². The summed E-state index contributed by atoms with van der Waals surface area (Å²) in [6.07, 6.45) is 3.66. The van der Waals surface area contributed by atoms with Crippen LogP contribution in [0.3, 0.4) is 0 Å². The summed E-state index contributed by atoms with van der Waals surface area (Å²) in [5.41, 5.74) is 6.43. The average molecular weight is 229 g/mol. The van der Waals surface area contributed by atoms with Gasteiger partial charge in [-0.2, -0.15) is 8.78 Å². The topological polar surface area (TPSA) is 26.0 Å². The van der Waals surface area contributed by atoms with Gasteiger partial charge in [0.15, 0.2) is 0 Å². The van der Waals surface area contributed by atoms with Gasteiger partial charge in [-0.05, 0) is 24.6 Å². The van der Waals surface area contributed by atoms with Gasteiger partial charge in [0.1, 0.15) is 0 Å². The van der Waals surface area contributed by atoms with E-state index in [1.54, 1.807) is 18.2 Å². The lowest BCUT2D eigenvalue weighted by Gasteiger charge is -2.01. The average Bonchev–Trinajstić information content (AvgIpc) is 2.14. The van der Waals surface area contributed by atoms with Crippen molar-refractivity contribution in [2.45, 2.75) is 23.6 Å². The van der Waals surface area contributed by atoms with Gasteiger partial charge in [0.2, 0.25) is 0 Å². The molecule has 0 amide bonds. The van der Waals surface area contributed by atoms with Crippen molar-refractivity contribution in [3.05, 3.63) is 35.9 Å². The van der Waals surface area contributed by atoms with Crippen molar-refractivity contribution >= 4 is 17.8 Å². The van der Waals surface area contributed by atoms with E-state index < -0.39 is 5.76 Å². The highest BCUT2D eigenvalue weighted by atomic mass is 32.2. The van der Waals surface area contributed by atoms with Crippen molar-refractivity contribution in [3.8, 4) is 0 Å². The second kappa shape index (κ2) is 5.88. The molecule has 1 aromatic rings. The SMILES string of the molecule is CC(N)/C=C/c1cccc(SC(F)F)c1. The van der Waals surface area contributed by atoms with E-state index in [0.29, 0.717) is 16.7 Å². The van der Waals surface area contributed by atoms with Gasteiger partial charge in [-0.25, -0.2) is 0 Å². The van der Waals surface area contributed by atoms with E-state index in [1.807, 2.05) is 25.1 Å². The summed E-state index contributed by atoms with van der Waals surface area (Å²) in [6.45, 7) is 1.86. The summed E-state index contributed by atoms with van der Waals surface area (Å²) in [5.74, 6) is -2.38. The van der Waals surface area contributed by atoms with E-state index in [1.165, 1.54) is 0 Å². The smallest absolute Gasteiger partial charge is 0.288 e. The van der Waals surface area contributed by atoms with E-state index in [4.69, 9.17) is 5.73 Å². The van der Waals surface area contributed by atoms with Crippen LogP contribution in [0.25, 0.3) is 6.08 Å². The minimum Gasteiger partial charge on any atom is -0.325 e. The molecule has 0 bridgehead atoms. The summed E-state index contributed by atoms with van der Waals surface area (Å²) in [5, 5.41) is 0. The summed E-state index contributed by atoms with van der Waals surface area (Å²) in [7, 11) is 0. The highest BCUT2D eigenvalue weighted by molar-refractivity contribution is 7.99. The highest BCUT2D eigenvalue weighted by Gasteiger charge is 2.04. The van der Waals surface area contributed by atoms with Crippen LogP contribution >= 0.6 is 11.8 Å². The van der Waals surface area contributed by atoms with Gasteiger partial charge in [-0.15, -0.1) is 0 Å². The van der Waals surface area contributed by atoms with E-state index >= 15 is 0 Å². The number of alkyl halides is 2. The van der Waals surface area contributed by atoms with E-state index in [9.17, 15) is 8.78 Å². The zero-order chi connectivity index (χ0) is 11.3. The molecule has 1 aromatic carbocycles. The van der Waals surface area contributed by atoms with Crippen LogP contribution < -0.4 is 5.73 Å². The molecule has 0 radical (unpaired) electrons. The van der Waals surface area contributed by atoms with Crippen LogP contribution in [0.5, 0.6) is 0 Å². The predicted molar refractivity (Wildman–Crippen MR) is 61.0 cm³/mol. The Morgan fingerprint density at radius 2 is 2.13 bits per heavy atom. The molecule has 0 saturated heterocycles. The summed E-state index contributed by atoms with van der Waals surface area (Å²) in [4.78, 5) is 0.567. The minimum absolute atomic E-state index is 0.0311. The van der Waals surface area contributed by atoms with Crippen molar-refractivity contribution in [2.75, 3.05) is 0 Å². The fourth-order valence-electron chi connectivity index (χ4n) is 1.06. The van der Waals surface area contributed by atoms with Crippen LogP contribution in [-0.4, -0.2) is 11.8 Å². The molecule has 0 aliphatic carbocycles. The minimum atomic E-state index is -2.38. The monoisotopic (exact) mass is 229 g/mol. The molecule has 1 atom stereocenters. The molecule has 0 fully saturated rings. The molecule has 0 heterocycles. The van der Waals surface area contributed by atoms with E-state index in [2.05, 4.69) is 0 Å². The van der Waals surface area contributed by atoms with Gasteiger partial charge in [0.25, 0.3) is 5.76 Å². The molecule has 1 nitrogen and oxygen atoms in total. The number of rotatable bonds is 4. The van der Waals surface area contributed by atoms with Gasteiger partial charge in [0, 0.05) is 10.9 Å². The largest absolute Gasteiger partial charge is 0.325 e. The molecule has 15 heavy (non-hydrogen) atoms. The zero-order valence-electron chi connectivity index (χ0n) is 8.36. The van der Waals surface area contributed by atoms with Gasteiger partial charge >= 0.3 is 0 Å². The van der Waals surface area contributed by atoms with E-state index in [0.717, 1.165) is 5.56 Å². The maximum absolute atomic E-state index is 12.1. The Bertz CT molecular complexity index is 337. The standard InChI is InChI=1S/C11H13F2NS/c1-8(14)5-6-9-3-2-4-10(7-9)15-11(12)13/h2-8,11H,14H2,1H3/b6-5+. The van der Waals surface area contributed by atoms with Gasteiger partial charge < -0.3 is 5.73 Å². The first-order valence-corrected chi connectivity index (χ1v) is 5.44. The van der Waals surface area contributed by atoms with Crippen molar-refractivity contribution in [1.29, 1.82) is 0 Å². The van der Waals surface area contributed by atoms with Gasteiger partial charge in [-0.1, -0.05) is 36.0 Å². The molecule has 2 N–H and O–H groups in total. The fraction of sp³-hybridized carbons (Fsp3) is 0.273. The lowest BCUT2D eigenvalue weighted by atomic mass is 10.2. The van der Waals surface area contributed by atoms with Crippen LogP contribution in [0.15, 0.2) is 35.2 Å². The second-order valence-electron chi connectivity index (χ2n) is 3.17. The number of hydrogen-bond donors (Lipinski definition) is 1. The highest BCUT2D eigenvalue weighted by Crippen LogP contribution is 2.25. The number of hydrogen-bond acceptors (Lipinski definition) is 2. The number of benzene rings is 1. The Morgan fingerprint density at radius 1 is 1.40 bits per heavy atom. The third-order valence-corrected chi connectivity index (χ3v) is 2.38. The molecule has 1 unspecified atom stereocenters. The molecule has 0 spiro atoms. The molecule has 0 saturated carbocycles. The van der Waals surface area contributed by atoms with Gasteiger partial charge in [-0.3, -0.25) is 0 Å². The first-order chi connectivity index (χ1) is 7.08. The predicted octanol–water partition coefficient (Wildman–Crippen LogP) is 3.36. The van der Waals surface area contributed by atoms with Crippen LogP contribution in [0.2, 0.25) is 0 Å². The first kappa shape index (κ1) is 12.2. The van der Waals surface area contributed by atoms with Crippen molar-refractivity contribution in [1.82, 2.24) is 0 Å². The molecule has 82 valence electrons. The summed E-state index contributed by atoms with van der Waals surface area (Å²) >= 11 is 0.548. The van der Waals surface area contributed by atoms with Crippen LogP contribution in [-0.2, 0) is 0 Å². The quantitative estimate of drug-likeness (QED) is 0.801. The van der Waals surface area contributed by atoms with Crippen LogP contribution in [0, 0.1) is 0 Å². The van der Waals surface area contributed by atoms with Gasteiger partial charge in [0.05, 0.1) is 0 Å². The molecule has 1 rings (SSSR count). The molecular formula is C11H13F2NS. The first-order valence-electron chi connectivity index (χ1n) is 4.56. The Labute approximate surface area is 92.4 Å². The molecule has 0 aliphatic rings. The molecule has 4 heteroatoms. The van der Waals surface area contributed by atoms with E-state index in [-0.39, 0.29) is 6.04 Å². The number of nitrogens with two attached hydrogens (primary N) is 1. The fourth-order valence-corrected chi connectivity index (χ4v) is 1.62. The lowest BCUT2D eigenvalue weighted by Crippen LogP contribution is -2.09. The Balaban J connectivity index is 2.74. The van der Waals surface area contributed by atoms with Crippen molar-refractivity contribution in [3.63, 3.8) is 0 Å². The zero-order valence-corrected chi connectivity index (χ0v) is 9.18. The Kier molecular flexibility index (Phi) is 4.78. The summed E-state index contributed by atoms with van der Waals surface area (Å²) < 4.78 is 24.2. The Morgan fingerprint density at radius 3 is 2.73 bits per heavy atom. The Hall–Kier alpha value is -0.870.